The number of carbonyl (C=O) groups is 2. The highest BCUT2D eigenvalue weighted by atomic mass is 16.7. The zero-order chi connectivity index (χ0) is 21.7. The van der Waals surface area contributed by atoms with Gasteiger partial charge in [0.2, 0.25) is 11.8 Å². The predicted molar refractivity (Wildman–Crippen MR) is 117 cm³/mol. The Morgan fingerprint density at radius 2 is 1.97 bits per heavy atom. The van der Waals surface area contributed by atoms with Crippen molar-refractivity contribution in [3.05, 3.63) is 23.8 Å². The van der Waals surface area contributed by atoms with Gasteiger partial charge in [-0.15, -0.1) is 0 Å². The Morgan fingerprint density at radius 1 is 1.16 bits per heavy atom. The van der Waals surface area contributed by atoms with Crippen LogP contribution in [0.2, 0.25) is 0 Å². The van der Waals surface area contributed by atoms with Crippen LogP contribution in [0.1, 0.15) is 45.1 Å². The topological polar surface area (TPSA) is 89.2 Å². The quantitative estimate of drug-likeness (QED) is 0.656. The van der Waals surface area contributed by atoms with E-state index in [9.17, 15) is 9.59 Å². The first-order valence-electron chi connectivity index (χ1n) is 11.3. The fraction of sp³-hybridized carbons (Fsp3) is 0.636. The van der Waals surface area contributed by atoms with Crippen molar-refractivity contribution in [2.24, 2.45) is 5.92 Å². The van der Waals surface area contributed by atoms with E-state index < -0.39 is 0 Å². The summed E-state index contributed by atoms with van der Waals surface area (Å²) in [6, 6.07) is 6.23. The largest absolute Gasteiger partial charge is 0.308 e. The lowest BCUT2D eigenvalue weighted by molar-refractivity contribution is -0.120. The fourth-order valence-electron chi connectivity index (χ4n) is 4.98. The average Bonchev–Trinajstić information content (AvgIpc) is 3.36. The summed E-state index contributed by atoms with van der Waals surface area (Å²) >= 11 is 0. The van der Waals surface area contributed by atoms with Crippen LogP contribution in [-0.4, -0.2) is 61.4 Å². The van der Waals surface area contributed by atoms with Crippen LogP contribution in [0, 0.1) is 5.92 Å². The van der Waals surface area contributed by atoms with E-state index in [0.717, 1.165) is 43.9 Å². The molecule has 2 amide bonds. The van der Waals surface area contributed by atoms with Gasteiger partial charge in [0.25, 0.3) is 0 Å². The zero-order valence-electron chi connectivity index (χ0n) is 18.4. The first-order valence-corrected chi connectivity index (χ1v) is 11.3. The van der Waals surface area contributed by atoms with Gasteiger partial charge >= 0.3 is 0 Å². The number of amides is 2. The number of benzene rings is 1. The number of hydroxylamine groups is 1. The van der Waals surface area contributed by atoms with Gasteiger partial charge in [0.15, 0.2) is 0 Å². The monoisotopic (exact) mass is 428 g/mol. The molecule has 9 nitrogen and oxygen atoms in total. The minimum Gasteiger partial charge on any atom is -0.308 e. The van der Waals surface area contributed by atoms with Gasteiger partial charge in [0, 0.05) is 44.9 Å². The van der Waals surface area contributed by atoms with E-state index in [2.05, 4.69) is 33.4 Å². The molecule has 9 heteroatoms. The number of anilines is 2. The number of hydrogen-bond donors (Lipinski definition) is 3. The van der Waals surface area contributed by atoms with Crippen molar-refractivity contribution >= 4 is 23.2 Å². The normalized spacial score (nSPS) is 31.2. The molecule has 1 aromatic carbocycles. The molecule has 3 heterocycles. The minimum atomic E-state index is -0.0294. The summed E-state index contributed by atoms with van der Waals surface area (Å²) < 4.78 is 0. The molecule has 168 valence electrons. The first kappa shape index (κ1) is 20.8. The maximum Gasteiger partial charge on any atom is 0.230 e. The van der Waals surface area contributed by atoms with Crippen LogP contribution in [0.25, 0.3) is 0 Å². The zero-order valence-corrected chi connectivity index (χ0v) is 18.4. The summed E-state index contributed by atoms with van der Waals surface area (Å²) in [5.74, 6) is 0.675. The maximum atomic E-state index is 13.0. The van der Waals surface area contributed by atoms with E-state index in [-0.39, 0.29) is 36.2 Å². The Kier molecular flexibility index (Phi) is 5.47. The molecule has 0 spiro atoms. The van der Waals surface area contributed by atoms with Gasteiger partial charge in [-0.3, -0.25) is 25.2 Å². The second kappa shape index (κ2) is 8.14. The Morgan fingerprint density at radius 3 is 2.65 bits per heavy atom. The van der Waals surface area contributed by atoms with Crippen molar-refractivity contribution in [1.82, 2.24) is 21.2 Å². The van der Waals surface area contributed by atoms with Gasteiger partial charge in [0.05, 0.1) is 23.6 Å². The second-order valence-corrected chi connectivity index (χ2v) is 9.27. The third kappa shape index (κ3) is 4.08. The molecular weight excluding hydrogens is 396 g/mol. The van der Waals surface area contributed by atoms with Crippen LogP contribution in [0.5, 0.6) is 0 Å². The van der Waals surface area contributed by atoms with Crippen molar-refractivity contribution in [2.75, 3.05) is 36.0 Å². The summed E-state index contributed by atoms with van der Waals surface area (Å²) in [6.07, 6.45) is 2.04. The SMILES string of the molecule is CC(=O)N1c2ccc(C3CNN(CC4NOC(C)N4)C3)cc2N(C(=O)C2CC2)C[C@@H]1C. The van der Waals surface area contributed by atoms with Gasteiger partial charge in [-0.25, -0.2) is 5.01 Å². The molecule has 1 aromatic rings. The fourth-order valence-corrected chi connectivity index (χ4v) is 4.98. The maximum absolute atomic E-state index is 13.0. The summed E-state index contributed by atoms with van der Waals surface area (Å²) in [7, 11) is 0. The molecule has 5 rings (SSSR count). The van der Waals surface area contributed by atoms with Crippen LogP contribution < -0.4 is 26.0 Å². The summed E-state index contributed by atoms with van der Waals surface area (Å²) in [4.78, 5) is 34.5. The van der Waals surface area contributed by atoms with Crippen molar-refractivity contribution in [3.63, 3.8) is 0 Å². The molecule has 31 heavy (non-hydrogen) atoms. The third-order valence-electron chi connectivity index (χ3n) is 6.67. The Hall–Kier alpha value is -2.04. The lowest BCUT2D eigenvalue weighted by Crippen LogP contribution is -2.51. The van der Waals surface area contributed by atoms with E-state index in [1.54, 1.807) is 6.92 Å². The van der Waals surface area contributed by atoms with Crippen LogP contribution in [0.15, 0.2) is 18.2 Å². The second-order valence-electron chi connectivity index (χ2n) is 9.27. The molecule has 3 aliphatic heterocycles. The molecule has 1 saturated carbocycles. The van der Waals surface area contributed by atoms with E-state index >= 15 is 0 Å². The molecule has 3 unspecified atom stereocenters. The number of hydrazine groups is 1. The lowest BCUT2D eigenvalue weighted by atomic mass is 9.96. The lowest BCUT2D eigenvalue weighted by Gasteiger charge is -2.41. The Labute approximate surface area is 183 Å². The van der Waals surface area contributed by atoms with Crippen molar-refractivity contribution in [3.8, 4) is 0 Å². The smallest absolute Gasteiger partial charge is 0.230 e. The van der Waals surface area contributed by atoms with E-state index in [1.807, 2.05) is 29.7 Å². The highest BCUT2D eigenvalue weighted by molar-refractivity contribution is 6.05. The Balaban J connectivity index is 1.37. The van der Waals surface area contributed by atoms with Crippen molar-refractivity contribution in [2.45, 2.75) is 58.0 Å². The van der Waals surface area contributed by atoms with Gasteiger partial charge in [-0.05, 0) is 44.4 Å². The van der Waals surface area contributed by atoms with Gasteiger partial charge in [0.1, 0.15) is 6.23 Å². The summed E-state index contributed by atoms with van der Waals surface area (Å²) in [5, 5.41) is 5.54. The molecule has 1 aliphatic carbocycles. The summed E-state index contributed by atoms with van der Waals surface area (Å²) in [6.45, 7) is 8.63. The number of rotatable bonds is 4. The van der Waals surface area contributed by atoms with Crippen molar-refractivity contribution in [1.29, 1.82) is 0 Å². The third-order valence-corrected chi connectivity index (χ3v) is 6.67. The molecule has 4 atom stereocenters. The van der Waals surface area contributed by atoms with Crippen LogP contribution >= 0.6 is 0 Å². The van der Waals surface area contributed by atoms with E-state index in [1.165, 1.54) is 5.56 Å². The molecule has 3 N–H and O–H groups in total. The summed E-state index contributed by atoms with van der Waals surface area (Å²) in [5.41, 5.74) is 9.40. The highest BCUT2D eigenvalue weighted by Gasteiger charge is 2.40. The number of hydrogen-bond acceptors (Lipinski definition) is 7. The standard InChI is InChI=1S/C22H32N6O3/c1-13-10-27(22(30)16-4-5-16)20-8-17(6-7-19(20)28(13)15(3)29)18-9-23-26(11-18)12-21-24-14(2)31-25-21/h6-8,13-14,16,18,21,23-25H,4-5,9-12H2,1-3H3/t13-,14?,18?,21?/m0/s1. The molecule has 0 aromatic heterocycles. The van der Waals surface area contributed by atoms with Crippen LogP contribution in [0.3, 0.4) is 0 Å². The molecular formula is C22H32N6O3. The number of nitrogens with one attached hydrogen (secondary N) is 3. The highest BCUT2D eigenvalue weighted by Crippen LogP contribution is 2.41. The van der Waals surface area contributed by atoms with E-state index in [0.29, 0.717) is 12.5 Å². The number of nitrogens with zero attached hydrogens (tertiary/aromatic N) is 3. The number of fused-ring (bicyclic) bond motifs is 1. The predicted octanol–water partition coefficient (Wildman–Crippen LogP) is 0.885. The van der Waals surface area contributed by atoms with Gasteiger partial charge < -0.3 is 9.80 Å². The van der Waals surface area contributed by atoms with E-state index in [4.69, 9.17) is 4.84 Å². The minimum absolute atomic E-state index is 0.00523. The van der Waals surface area contributed by atoms with Crippen molar-refractivity contribution < 1.29 is 14.4 Å². The molecule has 3 fully saturated rings. The molecule has 0 radical (unpaired) electrons. The molecule has 4 aliphatic rings. The van der Waals surface area contributed by atoms with Gasteiger partial charge in [-0.1, -0.05) is 6.07 Å². The Bertz CT molecular complexity index is 875. The van der Waals surface area contributed by atoms with Gasteiger partial charge in [-0.2, -0.15) is 5.48 Å². The average molecular weight is 429 g/mol. The van der Waals surface area contributed by atoms with Crippen LogP contribution in [-0.2, 0) is 14.4 Å². The first-order chi connectivity index (χ1) is 14.9. The molecule has 2 saturated heterocycles. The number of carbonyl (C=O) groups excluding carboxylic acids is 2. The van der Waals surface area contributed by atoms with Crippen LogP contribution in [0.4, 0.5) is 11.4 Å². The molecule has 0 bridgehead atoms.